The van der Waals surface area contributed by atoms with Gasteiger partial charge in [0.2, 0.25) is 0 Å². The Balaban J connectivity index is 2.11. The Morgan fingerprint density at radius 2 is 1.60 bits per heavy atom. The van der Waals surface area contributed by atoms with Gasteiger partial charge < -0.3 is 24.3 Å². The van der Waals surface area contributed by atoms with Crippen LogP contribution in [0.15, 0.2) is 30.3 Å². The topological polar surface area (TPSA) is 100 Å². The molecule has 0 saturated carbocycles. The van der Waals surface area contributed by atoms with Crippen LogP contribution in [0.3, 0.4) is 0 Å². The highest BCUT2D eigenvalue weighted by Crippen LogP contribution is 2.25. The van der Waals surface area contributed by atoms with Crippen molar-refractivity contribution >= 4 is 17.8 Å². The monoisotopic (exact) mass is 415 g/mol. The zero-order valence-electron chi connectivity index (χ0n) is 17.7. The van der Waals surface area contributed by atoms with Crippen LogP contribution >= 0.6 is 0 Å². The molecule has 8 heteroatoms. The Hall–Kier alpha value is -3.55. The molecule has 1 amide bonds. The number of methoxy groups -OCH3 is 3. The van der Waals surface area contributed by atoms with E-state index in [-0.39, 0.29) is 24.6 Å². The highest BCUT2D eigenvalue weighted by atomic mass is 16.6. The maximum absolute atomic E-state index is 12.6. The van der Waals surface area contributed by atoms with E-state index in [1.807, 2.05) is 0 Å². The van der Waals surface area contributed by atoms with E-state index in [0.717, 1.165) is 16.7 Å². The van der Waals surface area contributed by atoms with Gasteiger partial charge in [-0.2, -0.15) is 0 Å². The Morgan fingerprint density at radius 1 is 0.933 bits per heavy atom. The molecular formula is C22H25NO7. The van der Waals surface area contributed by atoms with Gasteiger partial charge in [0.15, 0.2) is 6.61 Å². The maximum atomic E-state index is 12.6. The lowest BCUT2D eigenvalue weighted by Crippen LogP contribution is -2.23. The molecule has 8 nitrogen and oxygen atoms in total. The maximum Gasteiger partial charge on any atom is 0.343 e. The molecular weight excluding hydrogens is 390 g/mol. The molecule has 0 heterocycles. The van der Waals surface area contributed by atoms with Gasteiger partial charge in [0.25, 0.3) is 5.91 Å². The second-order valence-electron chi connectivity index (χ2n) is 6.51. The summed E-state index contributed by atoms with van der Waals surface area (Å²) in [5.41, 5.74) is 2.90. The largest absolute Gasteiger partial charge is 0.496 e. The van der Waals surface area contributed by atoms with E-state index in [2.05, 4.69) is 10.1 Å². The predicted molar refractivity (Wildman–Crippen MR) is 109 cm³/mol. The lowest BCUT2D eigenvalue weighted by Gasteiger charge is -2.14. The summed E-state index contributed by atoms with van der Waals surface area (Å²) in [7, 11) is 4.04. The summed E-state index contributed by atoms with van der Waals surface area (Å²) in [6.45, 7) is 3.60. The molecule has 0 aromatic heterocycles. The highest BCUT2D eigenvalue weighted by Gasteiger charge is 2.15. The van der Waals surface area contributed by atoms with Gasteiger partial charge in [0.05, 0.1) is 21.3 Å². The molecule has 0 bridgehead atoms. The molecule has 0 aliphatic rings. The smallest absolute Gasteiger partial charge is 0.343 e. The SMILES string of the molecule is COC(=O)COc1c(C)cc(C(=O)NCc2ccc(OC)c(C(=O)OC)c2)cc1C. The van der Waals surface area contributed by atoms with Crippen LogP contribution in [0.2, 0.25) is 0 Å². The summed E-state index contributed by atoms with van der Waals surface area (Å²) in [4.78, 5) is 35.8. The van der Waals surface area contributed by atoms with Crippen molar-refractivity contribution in [1.82, 2.24) is 5.32 Å². The molecule has 0 atom stereocenters. The van der Waals surface area contributed by atoms with Gasteiger partial charge >= 0.3 is 11.9 Å². The van der Waals surface area contributed by atoms with Crippen molar-refractivity contribution in [2.24, 2.45) is 0 Å². The minimum absolute atomic E-state index is 0.205. The zero-order chi connectivity index (χ0) is 22.3. The van der Waals surface area contributed by atoms with Gasteiger partial charge in [-0.05, 0) is 54.8 Å². The molecule has 0 aliphatic carbocycles. The molecule has 0 saturated heterocycles. The molecule has 0 unspecified atom stereocenters. The number of amides is 1. The number of ether oxygens (including phenoxy) is 4. The fourth-order valence-electron chi connectivity index (χ4n) is 2.92. The number of esters is 2. The molecule has 2 aromatic carbocycles. The van der Waals surface area contributed by atoms with Gasteiger partial charge in [0, 0.05) is 12.1 Å². The Kier molecular flexibility index (Phi) is 7.80. The Morgan fingerprint density at radius 3 is 2.17 bits per heavy atom. The first kappa shape index (κ1) is 22.7. The van der Waals surface area contributed by atoms with Crippen LogP contribution in [0.4, 0.5) is 0 Å². The van der Waals surface area contributed by atoms with Crippen LogP contribution in [0.25, 0.3) is 0 Å². The first-order valence-corrected chi connectivity index (χ1v) is 9.15. The third-order valence-corrected chi connectivity index (χ3v) is 4.41. The third kappa shape index (κ3) is 5.50. The quantitative estimate of drug-likeness (QED) is 0.662. The summed E-state index contributed by atoms with van der Waals surface area (Å²) in [6, 6.07) is 8.39. The van der Waals surface area contributed by atoms with Gasteiger partial charge in [-0.3, -0.25) is 4.79 Å². The standard InChI is InChI=1S/C22H25NO7/c1-13-8-16(9-14(2)20(13)30-12-19(24)28-4)21(25)23-11-15-6-7-18(27-3)17(10-15)22(26)29-5/h6-10H,11-12H2,1-5H3,(H,23,25). The van der Waals surface area contributed by atoms with Crippen molar-refractivity contribution in [2.45, 2.75) is 20.4 Å². The second kappa shape index (κ2) is 10.3. The normalized spacial score (nSPS) is 10.2. The van der Waals surface area contributed by atoms with Crippen LogP contribution in [0, 0.1) is 13.8 Å². The van der Waals surface area contributed by atoms with E-state index in [1.165, 1.54) is 21.3 Å². The number of benzene rings is 2. The Labute approximate surface area is 175 Å². The van der Waals surface area contributed by atoms with E-state index in [1.54, 1.807) is 44.2 Å². The van der Waals surface area contributed by atoms with Crippen LogP contribution in [0.1, 0.15) is 37.4 Å². The van der Waals surface area contributed by atoms with Crippen LogP contribution in [0.5, 0.6) is 11.5 Å². The number of rotatable bonds is 8. The van der Waals surface area contributed by atoms with E-state index in [0.29, 0.717) is 17.1 Å². The summed E-state index contributed by atoms with van der Waals surface area (Å²) in [6.07, 6.45) is 0. The summed E-state index contributed by atoms with van der Waals surface area (Å²) in [5.74, 6) is -0.355. The van der Waals surface area contributed by atoms with Crippen LogP contribution in [-0.2, 0) is 20.8 Å². The molecule has 0 fully saturated rings. The molecule has 0 spiro atoms. The fourth-order valence-corrected chi connectivity index (χ4v) is 2.92. The average Bonchev–Trinajstić information content (AvgIpc) is 2.75. The average molecular weight is 415 g/mol. The number of carbonyl (C=O) groups is 3. The second-order valence-corrected chi connectivity index (χ2v) is 6.51. The molecule has 1 N–H and O–H groups in total. The van der Waals surface area contributed by atoms with Crippen LogP contribution in [-0.4, -0.2) is 45.8 Å². The zero-order valence-corrected chi connectivity index (χ0v) is 17.7. The molecule has 0 aliphatic heterocycles. The van der Waals surface area contributed by atoms with Crippen LogP contribution < -0.4 is 14.8 Å². The third-order valence-electron chi connectivity index (χ3n) is 4.41. The summed E-state index contributed by atoms with van der Waals surface area (Å²) in [5, 5.41) is 2.82. The fraction of sp³-hybridized carbons (Fsp3) is 0.318. The molecule has 2 aromatic rings. The van der Waals surface area contributed by atoms with Gasteiger partial charge in [-0.15, -0.1) is 0 Å². The van der Waals surface area contributed by atoms with E-state index in [9.17, 15) is 14.4 Å². The Bertz CT molecular complexity index is 929. The number of hydrogen-bond donors (Lipinski definition) is 1. The molecule has 30 heavy (non-hydrogen) atoms. The van der Waals surface area contributed by atoms with E-state index < -0.39 is 11.9 Å². The minimum atomic E-state index is -0.520. The van der Waals surface area contributed by atoms with Crippen molar-refractivity contribution in [3.63, 3.8) is 0 Å². The predicted octanol–water partition coefficient (Wildman–Crippen LogP) is 2.58. The van der Waals surface area contributed by atoms with Gasteiger partial charge in [0.1, 0.15) is 17.1 Å². The first-order chi connectivity index (χ1) is 14.3. The van der Waals surface area contributed by atoms with Crippen molar-refractivity contribution in [1.29, 1.82) is 0 Å². The highest BCUT2D eigenvalue weighted by molar-refractivity contribution is 5.95. The number of aryl methyl sites for hydroxylation is 2. The van der Waals surface area contributed by atoms with E-state index >= 15 is 0 Å². The van der Waals surface area contributed by atoms with Crippen molar-refractivity contribution in [3.05, 3.63) is 58.1 Å². The lowest BCUT2D eigenvalue weighted by molar-refractivity contribution is -0.142. The number of carbonyl (C=O) groups excluding carboxylic acids is 3. The van der Waals surface area contributed by atoms with Crippen molar-refractivity contribution < 1.29 is 33.3 Å². The van der Waals surface area contributed by atoms with Gasteiger partial charge in [-0.1, -0.05) is 6.07 Å². The van der Waals surface area contributed by atoms with E-state index in [4.69, 9.17) is 14.2 Å². The summed E-state index contributed by atoms with van der Waals surface area (Å²) >= 11 is 0. The molecule has 0 radical (unpaired) electrons. The molecule has 2 rings (SSSR count). The van der Waals surface area contributed by atoms with Crippen molar-refractivity contribution in [2.75, 3.05) is 27.9 Å². The van der Waals surface area contributed by atoms with Gasteiger partial charge in [-0.25, -0.2) is 9.59 Å². The summed E-state index contributed by atoms with van der Waals surface area (Å²) < 4.78 is 20.0. The molecule has 160 valence electrons. The van der Waals surface area contributed by atoms with Crippen molar-refractivity contribution in [3.8, 4) is 11.5 Å². The first-order valence-electron chi connectivity index (χ1n) is 9.15. The minimum Gasteiger partial charge on any atom is -0.496 e. The number of nitrogens with one attached hydrogen (secondary N) is 1. The lowest BCUT2D eigenvalue weighted by atomic mass is 10.0. The number of hydrogen-bond acceptors (Lipinski definition) is 7.